The maximum absolute atomic E-state index is 11.7. The third-order valence-electron chi connectivity index (χ3n) is 2.55. The Bertz CT molecular complexity index is 263. The van der Waals surface area contributed by atoms with Crippen LogP contribution < -0.4 is 22.1 Å². The lowest BCUT2D eigenvalue weighted by atomic mass is 9.90. The van der Waals surface area contributed by atoms with Crippen LogP contribution in [0.1, 0.15) is 12.8 Å². The fourth-order valence-electron chi connectivity index (χ4n) is 1.50. The molecular weight excluding hydrogens is 212 g/mol. The van der Waals surface area contributed by atoms with Crippen LogP contribution in [-0.4, -0.2) is 43.8 Å². The highest BCUT2D eigenvalue weighted by atomic mass is 16.5. The highest BCUT2D eigenvalue weighted by Gasteiger charge is 2.35. The quantitative estimate of drug-likeness (QED) is 0.429. The summed E-state index contributed by atoms with van der Waals surface area (Å²) < 4.78 is 5.14. The van der Waals surface area contributed by atoms with Gasteiger partial charge < -0.3 is 26.8 Å². The van der Waals surface area contributed by atoms with E-state index in [1.165, 1.54) is 0 Å². The molecule has 0 bridgehead atoms. The Morgan fingerprint density at radius 2 is 1.75 bits per heavy atom. The molecule has 16 heavy (non-hydrogen) atoms. The molecule has 0 aliphatic carbocycles. The van der Waals surface area contributed by atoms with Crippen molar-refractivity contribution in [1.82, 2.24) is 10.6 Å². The number of rotatable bonds is 4. The highest BCUT2D eigenvalue weighted by molar-refractivity contribution is 5.86. The van der Waals surface area contributed by atoms with E-state index >= 15 is 0 Å². The molecule has 3 amide bonds. The zero-order valence-corrected chi connectivity index (χ0v) is 9.12. The van der Waals surface area contributed by atoms with Gasteiger partial charge in [0.15, 0.2) is 0 Å². The van der Waals surface area contributed by atoms with Gasteiger partial charge in [-0.1, -0.05) is 0 Å². The fraction of sp³-hybridized carbons (Fsp3) is 0.778. The third kappa shape index (κ3) is 3.67. The molecule has 0 spiro atoms. The number of carbonyl (C=O) groups excluding carboxylic acids is 2. The summed E-state index contributed by atoms with van der Waals surface area (Å²) in [7, 11) is 0. The second-order valence-corrected chi connectivity index (χ2v) is 3.82. The van der Waals surface area contributed by atoms with Crippen molar-refractivity contribution in [3.05, 3.63) is 0 Å². The van der Waals surface area contributed by atoms with Gasteiger partial charge in [-0.05, 0) is 12.8 Å². The Kier molecular flexibility index (Phi) is 4.51. The van der Waals surface area contributed by atoms with Crippen molar-refractivity contribution in [1.29, 1.82) is 0 Å². The molecular formula is C9H18N4O3. The van der Waals surface area contributed by atoms with Crippen LogP contribution in [0.15, 0.2) is 0 Å². The van der Waals surface area contributed by atoms with E-state index < -0.39 is 11.6 Å². The molecule has 7 heteroatoms. The standard InChI is InChI=1S/C9H18N4O3/c10-8(15)13-4-3-12-7(14)9(11)1-5-16-6-2-9/h1-6,11H2,(H,12,14)(H3,10,13,15). The number of hydrogen-bond acceptors (Lipinski definition) is 4. The molecule has 92 valence electrons. The molecule has 1 saturated heterocycles. The lowest BCUT2D eigenvalue weighted by Crippen LogP contribution is -2.57. The Morgan fingerprint density at radius 3 is 2.31 bits per heavy atom. The van der Waals surface area contributed by atoms with Crippen LogP contribution in [0, 0.1) is 0 Å². The molecule has 1 rings (SSSR count). The number of carbonyl (C=O) groups is 2. The van der Waals surface area contributed by atoms with Crippen molar-refractivity contribution >= 4 is 11.9 Å². The van der Waals surface area contributed by atoms with E-state index in [1.54, 1.807) is 0 Å². The van der Waals surface area contributed by atoms with Gasteiger partial charge >= 0.3 is 6.03 Å². The minimum absolute atomic E-state index is 0.206. The average molecular weight is 230 g/mol. The van der Waals surface area contributed by atoms with E-state index in [0.717, 1.165) is 0 Å². The van der Waals surface area contributed by atoms with E-state index in [-0.39, 0.29) is 5.91 Å². The van der Waals surface area contributed by atoms with Crippen LogP contribution in [0.2, 0.25) is 0 Å². The molecule has 0 aromatic rings. The molecule has 1 heterocycles. The summed E-state index contributed by atoms with van der Waals surface area (Å²) in [6.07, 6.45) is 1.03. The highest BCUT2D eigenvalue weighted by Crippen LogP contribution is 2.17. The van der Waals surface area contributed by atoms with E-state index in [0.29, 0.717) is 39.1 Å². The van der Waals surface area contributed by atoms with Gasteiger partial charge in [0.1, 0.15) is 0 Å². The topological polar surface area (TPSA) is 119 Å². The van der Waals surface area contributed by atoms with Crippen molar-refractivity contribution in [3.63, 3.8) is 0 Å². The summed E-state index contributed by atoms with van der Waals surface area (Å²) in [5, 5.41) is 5.03. The molecule has 0 atom stereocenters. The van der Waals surface area contributed by atoms with Crippen molar-refractivity contribution < 1.29 is 14.3 Å². The summed E-state index contributed by atoms with van der Waals surface area (Å²) >= 11 is 0. The summed E-state index contributed by atoms with van der Waals surface area (Å²) in [6, 6.07) is -0.609. The Morgan fingerprint density at radius 1 is 1.19 bits per heavy atom. The fourth-order valence-corrected chi connectivity index (χ4v) is 1.50. The summed E-state index contributed by atoms with van der Waals surface area (Å²) in [5.74, 6) is -0.206. The van der Waals surface area contributed by atoms with Crippen LogP contribution >= 0.6 is 0 Å². The molecule has 0 aromatic carbocycles. The van der Waals surface area contributed by atoms with Crippen molar-refractivity contribution in [3.8, 4) is 0 Å². The zero-order chi connectivity index (χ0) is 12.0. The minimum atomic E-state index is -0.842. The maximum atomic E-state index is 11.7. The second-order valence-electron chi connectivity index (χ2n) is 3.82. The van der Waals surface area contributed by atoms with Crippen molar-refractivity contribution in [2.75, 3.05) is 26.3 Å². The second kappa shape index (κ2) is 5.66. The first-order valence-corrected chi connectivity index (χ1v) is 5.23. The molecule has 0 radical (unpaired) electrons. The molecule has 1 aliphatic rings. The van der Waals surface area contributed by atoms with Crippen LogP contribution in [-0.2, 0) is 9.53 Å². The predicted molar refractivity (Wildman–Crippen MR) is 57.6 cm³/mol. The van der Waals surface area contributed by atoms with E-state index in [9.17, 15) is 9.59 Å². The monoisotopic (exact) mass is 230 g/mol. The van der Waals surface area contributed by atoms with Gasteiger partial charge in [0.2, 0.25) is 5.91 Å². The lowest BCUT2D eigenvalue weighted by Gasteiger charge is -2.31. The van der Waals surface area contributed by atoms with Gasteiger partial charge in [-0.3, -0.25) is 4.79 Å². The SMILES string of the molecule is NC(=O)NCCNC(=O)C1(N)CCOCC1. The molecule has 7 nitrogen and oxygen atoms in total. The van der Waals surface area contributed by atoms with Crippen molar-refractivity contribution in [2.45, 2.75) is 18.4 Å². The molecule has 0 aromatic heterocycles. The van der Waals surface area contributed by atoms with E-state index in [2.05, 4.69) is 10.6 Å². The first kappa shape index (κ1) is 12.7. The first-order chi connectivity index (χ1) is 7.54. The summed E-state index contributed by atoms with van der Waals surface area (Å²) in [4.78, 5) is 22.1. The first-order valence-electron chi connectivity index (χ1n) is 5.23. The third-order valence-corrected chi connectivity index (χ3v) is 2.55. The van der Waals surface area contributed by atoms with Crippen LogP contribution in [0.4, 0.5) is 4.79 Å². The van der Waals surface area contributed by atoms with E-state index in [1.807, 2.05) is 0 Å². The van der Waals surface area contributed by atoms with Gasteiger partial charge in [-0.15, -0.1) is 0 Å². The maximum Gasteiger partial charge on any atom is 0.312 e. The smallest absolute Gasteiger partial charge is 0.312 e. The number of amides is 3. The van der Waals surface area contributed by atoms with Gasteiger partial charge in [0, 0.05) is 26.3 Å². The summed E-state index contributed by atoms with van der Waals surface area (Å²) in [5.41, 5.74) is 9.97. The Labute approximate surface area is 93.9 Å². The Balaban J connectivity index is 2.25. The summed E-state index contributed by atoms with van der Waals surface area (Å²) in [6.45, 7) is 1.63. The number of ether oxygens (including phenoxy) is 1. The van der Waals surface area contributed by atoms with Gasteiger partial charge in [-0.25, -0.2) is 4.79 Å². The number of nitrogens with two attached hydrogens (primary N) is 2. The molecule has 0 saturated carbocycles. The van der Waals surface area contributed by atoms with Crippen molar-refractivity contribution in [2.24, 2.45) is 11.5 Å². The van der Waals surface area contributed by atoms with Crippen LogP contribution in [0.3, 0.4) is 0 Å². The van der Waals surface area contributed by atoms with Gasteiger partial charge in [0.05, 0.1) is 5.54 Å². The minimum Gasteiger partial charge on any atom is -0.381 e. The average Bonchev–Trinajstić information content (AvgIpc) is 2.25. The predicted octanol–water partition coefficient (Wildman–Crippen LogP) is -1.72. The Hall–Kier alpha value is -1.34. The van der Waals surface area contributed by atoms with E-state index in [4.69, 9.17) is 16.2 Å². The normalized spacial score (nSPS) is 18.8. The van der Waals surface area contributed by atoms with Gasteiger partial charge in [0.25, 0.3) is 0 Å². The number of nitrogens with one attached hydrogen (secondary N) is 2. The molecule has 0 unspecified atom stereocenters. The number of hydrogen-bond donors (Lipinski definition) is 4. The zero-order valence-electron chi connectivity index (χ0n) is 9.12. The molecule has 1 aliphatic heterocycles. The lowest BCUT2D eigenvalue weighted by molar-refractivity contribution is -0.129. The number of primary amides is 1. The van der Waals surface area contributed by atoms with Crippen LogP contribution in [0.25, 0.3) is 0 Å². The molecule has 1 fully saturated rings. The van der Waals surface area contributed by atoms with Gasteiger partial charge in [-0.2, -0.15) is 0 Å². The van der Waals surface area contributed by atoms with Crippen LogP contribution in [0.5, 0.6) is 0 Å². The molecule has 6 N–H and O–H groups in total. The largest absolute Gasteiger partial charge is 0.381 e. The number of urea groups is 1.